The van der Waals surface area contributed by atoms with E-state index in [1.54, 1.807) is 0 Å². The molecule has 1 fully saturated rings. The van der Waals surface area contributed by atoms with Crippen LogP contribution in [0.25, 0.3) is 17.1 Å². The molecule has 0 radical (unpaired) electrons. The Balaban J connectivity index is 1.79. The van der Waals surface area contributed by atoms with Crippen LogP contribution in [0.4, 0.5) is 35.1 Å². The molecule has 1 aromatic carbocycles. The van der Waals surface area contributed by atoms with Gasteiger partial charge in [-0.2, -0.15) is 40.2 Å². The van der Waals surface area contributed by atoms with Gasteiger partial charge in [0.1, 0.15) is 17.0 Å². The van der Waals surface area contributed by atoms with E-state index in [9.17, 15) is 39.9 Å². The number of aryl methyl sites for hydroxylation is 1. The molecule has 3 aromatic rings. The second-order valence-electron chi connectivity index (χ2n) is 7.73. The first-order chi connectivity index (χ1) is 16.1. The van der Waals surface area contributed by atoms with Crippen LogP contribution in [0.2, 0.25) is 5.02 Å². The highest BCUT2D eigenvalue weighted by Crippen LogP contribution is 2.50. The molecule has 7 nitrogen and oxygen atoms in total. The van der Waals surface area contributed by atoms with Crippen molar-refractivity contribution in [1.29, 1.82) is 0 Å². The van der Waals surface area contributed by atoms with Crippen LogP contribution in [0.15, 0.2) is 24.4 Å². The zero-order valence-corrected chi connectivity index (χ0v) is 18.1. The fourth-order valence-corrected chi connectivity index (χ4v) is 3.46. The lowest BCUT2D eigenvalue weighted by atomic mass is 10.1. The van der Waals surface area contributed by atoms with Crippen LogP contribution in [0.1, 0.15) is 34.5 Å². The molecule has 1 amide bonds. The van der Waals surface area contributed by atoms with Gasteiger partial charge < -0.3 is 5.32 Å². The van der Waals surface area contributed by atoms with Gasteiger partial charge >= 0.3 is 18.3 Å². The van der Waals surface area contributed by atoms with Crippen molar-refractivity contribution in [2.45, 2.75) is 37.2 Å². The van der Waals surface area contributed by atoms with Gasteiger partial charge in [0.25, 0.3) is 5.91 Å². The van der Waals surface area contributed by atoms with Gasteiger partial charge in [-0.3, -0.25) is 9.48 Å². The number of carbonyl (C=O) groups is 1. The summed E-state index contributed by atoms with van der Waals surface area (Å²) in [5.41, 5.74) is -6.48. The van der Waals surface area contributed by atoms with Crippen LogP contribution >= 0.6 is 11.6 Å². The summed E-state index contributed by atoms with van der Waals surface area (Å²) in [6.45, 7) is 0. The number of alkyl halides is 8. The Hall–Kier alpha value is -3.23. The van der Waals surface area contributed by atoms with Gasteiger partial charge in [0.15, 0.2) is 5.69 Å². The number of amides is 1. The van der Waals surface area contributed by atoms with E-state index in [1.807, 2.05) is 0 Å². The molecule has 35 heavy (non-hydrogen) atoms. The van der Waals surface area contributed by atoms with Crippen molar-refractivity contribution in [2.75, 3.05) is 0 Å². The lowest BCUT2D eigenvalue weighted by molar-refractivity contribution is -0.292. The smallest absolute Gasteiger partial charge is 0.349 e. The quantitative estimate of drug-likeness (QED) is 0.479. The number of carbonyl (C=O) groups excluding carboxylic acids is 1. The molecule has 1 saturated carbocycles. The number of nitrogens with one attached hydrogen (secondary N) is 1. The second kappa shape index (κ2) is 8.17. The third-order valence-electron chi connectivity index (χ3n) is 5.09. The molecular formula is C19H13ClF8N6O. The number of rotatable bonds is 5. The molecule has 0 atom stereocenters. The summed E-state index contributed by atoms with van der Waals surface area (Å²) in [5.74, 6) is -6.38. The average Bonchev–Trinajstić information content (AvgIpc) is 3.27. The van der Waals surface area contributed by atoms with Crippen molar-refractivity contribution in [3.63, 3.8) is 0 Å². The van der Waals surface area contributed by atoms with Crippen molar-refractivity contribution in [3.05, 3.63) is 46.2 Å². The number of halogens is 9. The molecule has 1 aliphatic rings. The molecule has 0 bridgehead atoms. The summed E-state index contributed by atoms with van der Waals surface area (Å²) in [6.07, 6.45) is -9.48. The summed E-state index contributed by atoms with van der Waals surface area (Å²) in [7, 11) is 0.766. The minimum Gasteiger partial charge on any atom is -0.349 e. The molecule has 4 rings (SSSR count). The molecule has 1 N–H and O–H groups in total. The predicted molar refractivity (Wildman–Crippen MR) is 104 cm³/mol. The van der Waals surface area contributed by atoms with E-state index in [4.69, 9.17) is 11.6 Å². The topological polar surface area (TPSA) is 77.6 Å². The largest absolute Gasteiger partial charge is 0.459 e. The minimum atomic E-state index is -6.32. The first-order valence-electron chi connectivity index (χ1n) is 9.74. The summed E-state index contributed by atoms with van der Waals surface area (Å²) >= 11 is 6.05. The third kappa shape index (κ3) is 4.56. The predicted octanol–water partition coefficient (Wildman–Crippen LogP) is 4.89. The molecule has 188 valence electrons. The van der Waals surface area contributed by atoms with Crippen molar-refractivity contribution < 1.29 is 39.9 Å². The summed E-state index contributed by atoms with van der Waals surface area (Å²) < 4.78 is 108. The lowest BCUT2D eigenvalue weighted by Crippen LogP contribution is -2.36. The zero-order chi connectivity index (χ0) is 25.9. The van der Waals surface area contributed by atoms with Gasteiger partial charge in [-0.05, 0) is 31.0 Å². The van der Waals surface area contributed by atoms with Crippen molar-refractivity contribution in [2.24, 2.45) is 7.05 Å². The Bertz CT molecular complexity index is 1290. The molecule has 0 aliphatic heterocycles. The van der Waals surface area contributed by atoms with Crippen LogP contribution in [-0.4, -0.2) is 42.9 Å². The van der Waals surface area contributed by atoms with Gasteiger partial charge in [-0.15, -0.1) is 5.10 Å². The monoisotopic (exact) mass is 528 g/mol. The number of hydrogen-bond donors (Lipinski definition) is 1. The molecule has 0 spiro atoms. The summed E-state index contributed by atoms with van der Waals surface area (Å²) in [4.78, 5) is 12.4. The van der Waals surface area contributed by atoms with Crippen LogP contribution in [0.3, 0.4) is 0 Å². The van der Waals surface area contributed by atoms with E-state index >= 15 is 0 Å². The second-order valence-corrected chi connectivity index (χ2v) is 8.13. The van der Waals surface area contributed by atoms with Crippen LogP contribution < -0.4 is 5.32 Å². The van der Waals surface area contributed by atoms with Gasteiger partial charge in [-0.1, -0.05) is 16.8 Å². The molecule has 2 aromatic heterocycles. The van der Waals surface area contributed by atoms with Crippen LogP contribution in [-0.2, 0) is 19.1 Å². The molecule has 0 unspecified atom stereocenters. The molecule has 0 saturated heterocycles. The van der Waals surface area contributed by atoms with E-state index in [2.05, 4.69) is 20.7 Å². The summed E-state index contributed by atoms with van der Waals surface area (Å²) in [5, 5.41) is 12.8. The van der Waals surface area contributed by atoms with E-state index in [1.165, 1.54) is 18.2 Å². The highest BCUT2D eigenvalue weighted by Gasteiger charge is 2.64. The Morgan fingerprint density at radius 1 is 1.11 bits per heavy atom. The maximum Gasteiger partial charge on any atom is 0.459 e. The highest BCUT2D eigenvalue weighted by molar-refractivity contribution is 6.33. The fraction of sp³-hybridized carbons (Fsp3) is 0.368. The Labute approximate surface area is 195 Å². The first kappa shape index (κ1) is 24.9. The number of benzene rings is 1. The fourth-order valence-electron chi connectivity index (χ4n) is 3.26. The number of aromatic nitrogens is 5. The normalized spacial score (nSPS) is 14.9. The Morgan fingerprint density at radius 3 is 2.34 bits per heavy atom. The number of nitrogens with zero attached hydrogens (tertiary/aromatic N) is 5. The van der Waals surface area contributed by atoms with Crippen LogP contribution in [0, 0.1) is 0 Å². The first-order valence-corrected chi connectivity index (χ1v) is 10.1. The Kier molecular flexibility index (Phi) is 5.81. The van der Waals surface area contributed by atoms with E-state index in [0.29, 0.717) is 0 Å². The number of hydrogen-bond acceptors (Lipinski definition) is 4. The highest BCUT2D eigenvalue weighted by atomic mass is 35.5. The van der Waals surface area contributed by atoms with Gasteiger partial charge in [-0.25, -0.2) is 4.68 Å². The summed E-state index contributed by atoms with van der Waals surface area (Å²) in [6, 6.07) is 3.96. The van der Waals surface area contributed by atoms with Crippen LogP contribution in [0.5, 0.6) is 0 Å². The zero-order valence-electron chi connectivity index (χ0n) is 17.3. The van der Waals surface area contributed by atoms with Gasteiger partial charge in [0.2, 0.25) is 0 Å². The van der Waals surface area contributed by atoms with Crippen molar-refractivity contribution >= 4 is 17.5 Å². The average molecular weight is 529 g/mol. The lowest BCUT2D eigenvalue weighted by Gasteiger charge is -2.19. The van der Waals surface area contributed by atoms with E-state index in [-0.39, 0.29) is 27.0 Å². The van der Waals surface area contributed by atoms with Gasteiger partial charge in [0, 0.05) is 13.1 Å². The maximum absolute atomic E-state index is 13.9. The molecule has 1 aliphatic carbocycles. The van der Waals surface area contributed by atoms with Crippen molar-refractivity contribution in [1.82, 2.24) is 30.1 Å². The van der Waals surface area contributed by atoms with Crippen molar-refractivity contribution in [3.8, 4) is 17.1 Å². The standard InChI is InChI=1S/C19H13ClF8N6O/c1-33-14(13(18(23,24)25)15(31-33)17(21,22)19(26,27)28)12-7-34(32-30-12)9-4-5-11(20)10(6-9)16(35)29-8-2-3-8/h4-8H,2-3H2,1H3,(H,29,35). The molecule has 16 heteroatoms. The minimum absolute atomic E-state index is 0.00912. The van der Waals surface area contributed by atoms with Gasteiger partial charge in [0.05, 0.1) is 22.5 Å². The molecule has 2 heterocycles. The third-order valence-corrected chi connectivity index (χ3v) is 5.42. The maximum atomic E-state index is 13.9. The van der Waals surface area contributed by atoms with E-state index < -0.39 is 46.8 Å². The van der Waals surface area contributed by atoms with E-state index in [0.717, 1.165) is 30.8 Å². The SMILES string of the molecule is Cn1nc(C(F)(F)C(F)(F)F)c(C(F)(F)F)c1-c1cn(-c2ccc(Cl)c(C(=O)NC3CC3)c2)nn1. The Morgan fingerprint density at radius 2 is 1.77 bits per heavy atom. The molecular weight excluding hydrogens is 516 g/mol.